The number of carbonyl (C=O) groups is 6. The number of amides is 5. The fraction of sp³-hybridized carbons (Fsp3) is 0.619. The van der Waals surface area contributed by atoms with Gasteiger partial charge in [-0.15, -0.1) is 0 Å². The van der Waals surface area contributed by atoms with Crippen molar-refractivity contribution in [2.75, 3.05) is 13.1 Å². The molecule has 0 radical (unpaired) electrons. The highest BCUT2D eigenvalue weighted by atomic mass is 16.4. The summed E-state index contributed by atoms with van der Waals surface area (Å²) >= 11 is 0. The van der Waals surface area contributed by atoms with Crippen molar-refractivity contribution in [3.63, 3.8) is 0 Å². The number of nitrogens with zero attached hydrogens (tertiary/aromatic N) is 1. The zero-order chi connectivity index (χ0) is 26.3. The lowest BCUT2D eigenvalue weighted by Crippen LogP contribution is -2.44. The number of aliphatic carboxylic acids is 2. The predicted octanol–water partition coefficient (Wildman–Crippen LogP) is -0.456. The SMILES string of the molecule is CC(C)[C@H](NC(=O)CCCCCN1C(=O)C=CC1=O)C(=O)O.NC(=O)NCCC[C@H](N)C(=O)O. The van der Waals surface area contributed by atoms with Gasteiger partial charge in [-0.1, -0.05) is 20.3 Å². The van der Waals surface area contributed by atoms with E-state index in [4.69, 9.17) is 21.7 Å². The zero-order valence-electron chi connectivity index (χ0n) is 19.5. The van der Waals surface area contributed by atoms with Crippen LogP contribution < -0.4 is 22.1 Å². The fourth-order valence-corrected chi connectivity index (χ4v) is 2.80. The van der Waals surface area contributed by atoms with Crippen molar-refractivity contribution in [1.29, 1.82) is 0 Å². The summed E-state index contributed by atoms with van der Waals surface area (Å²) in [5.41, 5.74) is 9.96. The molecule has 0 bridgehead atoms. The number of unbranched alkanes of at least 4 members (excludes halogenated alkanes) is 2. The van der Waals surface area contributed by atoms with E-state index in [-0.39, 0.29) is 30.1 Å². The maximum absolute atomic E-state index is 11.7. The highest BCUT2D eigenvalue weighted by molar-refractivity contribution is 6.12. The van der Waals surface area contributed by atoms with Crippen LogP contribution in [-0.4, -0.2) is 76.0 Å². The number of nitrogens with two attached hydrogens (primary N) is 2. The first kappa shape index (κ1) is 30.5. The van der Waals surface area contributed by atoms with Gasteiger partial charge in [0.05, 0.1) is 0 Å². The number of hydrogen-bond donors (Lipinski definition) is 6. The summed E-state index contributed by atoms with van der Waals surface area (Å²) < 4.78 is 0. The van der Waals surface area contributed by atoms with Crippen LogP contribution in [0.4, 0.5) is 4.79 Å². The van der Waals surface area contributed by atoms with Crippen molar-refractivity contribution in [3.05, 3.63) is 12.2 Å². The first-order valence-corrected chi connectivity index (χ1v) is 10.9. The number of carbonyl (C=O) groups excluding carboxylic acids is 4. The average Bonchev–Trinajstić information content (AvgIpc) is 3.06. The Morgan fingerprint density at radius 1 is 0.971 bits per heavy atom. The number of urea groups is 1. The van der Waals surface area contributed by atoms with Crippen LogP contribution in [0.3, 0.4) is 0 Å². The van der Waals surface area contributed by atoms with E-state index < -0.39 is 30.1 Å². The molecular weight excluding hydrogens is 450 g/mol. The molecule has 0 spiro atoms. The molecule has 5 amide bonds. The molecule has 13 nitrogen and oxygen atoms in total. The summed E-state index contributed by atoms with van der Waals surface area (Å²) in [6.07, 6.45) is 5.45. The second kappa shape index (κ2) is 16.2. The summed E-state index contributed by atoms with van der Waals surface area (Å²) in [5, 5.41) is 22.2. The van der Waals surface area contributed by atoms with Crippen LogP contribution in [0.25, 0.3) is 0 Å². The molecule has 34 heavy (non-hydrogen) atoms. The Morgan fingerprint density at radius 3 is 2.03 bits per heavy atom. The van der Waals surface area contributed by atoms with Crippen LogP contribution >= 0.6 is 0 Å². The Morgan fingerprint density at radius 2 is 1.56 bits per heavy atom. The molecule has 0 aromatic carbocycles. The third kappa shape index (κ3) is 13.2. The molecule has 0 aromatic rings. The van der Waals surface area contributed by atoms with Crippen molar-refractivity contribution in [3.8, 4) is 0 Å². The largest absolute Gasteiger partial charge is 0.480 e. The van der Waals surface area contributed by atoms with Crippen LogP contribution in [0, 0.1) is 5.92 Å². The van der Waals surface area contributed by atoms with Gasteiger partial charge in [-0.05, 0) is 31.6 Å². The van der Waals surface area contributed by atoms with Gasteiger partial charge in [0, 0.05) is 31.7 Å². The monoisotopic (exact) mass is 485 g/mol. The Kier molecular flexibility index (Phi) is 14.5. The van der Waals surface area contributed by atoms with Crippen molar-refractivity contribution in [1.82, 2.24) is 15.5 Å². The van der Waals surface area contributed by atoms with Crippen molar-refractivity contribution in [2.45, 2.75) is 64.5 Å². The third-order valence-corrected chi connectivity index (χ3v) is 4.74. The van der Waals surface area contributed by atoms with E-state index in [1.807, 2.05) is 0 Å². The van der Waals surface area contributed by atoms with Crippen LogP contribution in [0.2, 0.25) is 0 Å². The van der Waals surface area contributed by atoms with Crippen molar-refractivity contribution in [2.24, 2.45) is 17.4 Å². The number of carboxylic acid groups (broad SMARTS) is 2. The van der Waals surface area contributed by atoms with Gasteiger partial charge in [-0.2, -0.15) is 0 Å². The van der Waals surface area contributed by atoms with Crippen LogP contribution in [-0.2, 0) is 24.0 Å². The molecule has 0 saturated carbocycles. The van der Waals surface area contributed by atoms with Crippen LogP contribution in [0.5, 0.6) is 0 Å². The Hall–Kier alpha value is -3.48. The normalized spacial score (nSPS) is 14.3. The Bertz CT molecular complexity index is 750. The van der Waals surface area contributed by atoms with E-state index in [2.05, 4.69) is 10.6 Å². The lowest BCUT2D eigenvalue weighted by molar-refractivity contribution is -0.143. The molecule has 1 heterocycles. The number of carboxylic acids is 2. The molecule has 2 atom stereocenters. The molecule has 1 rings (SSSR count). The van der Waals surface area contributed by atoms with Gasteiger partial charge in [0.1, 0.15) is 12.1 Å². The molecule has 1 aliphatic heterocycles. The lowest BCUT2D eigenvalue weighted by Gasteiger charge is -2.18. The molecule has 0 saturated heterocycles. The Balaban J connectivity index is 0.000000770. The average molecular weight is 486 g/mol. The van der Waals surface area contributed by atoms with Gasteiger partial charge >= 0.3 is 18.0 Å². The van der Waals surface area contributed by atoms with Crippen LogP contribution in [0.1, 0.15) is 52.4 Å². The van der Waals surface area contributed by atoms with Crippen LogP contribution in [0.15, 0.2) is 12.2 Å². The van der Waals surface area contributed by atoms with E-state index >= 15 is 0 Å². The van der Waals surface area contributed by atoms with E-state index in [0.717, 1.165) is 0 Å². The van der Waals surface area contributed by atoms with E-state index in [9.17, 15) is 28.8 Å². The maximum Gasteiger partial charge on any atom is 0.326 e. The summed E-state index contributed by atoms with van der Waals surface area (Å²) in [5.74, 6) is -3.15. The van der Waals surface area contributed by atoms with Gasteiger partial charge in [0.25, 0.3) is 11.8 Å². The molecule has 0 fully saturated rings. The minimum atomic E-state index is -1.04. The minimum Gasteiger partial charge on any atom is -0.480 e. The Labute approximate surface area is 197 Å². The fourth-order valence-electron chi connectivity index (χ4n) is 2.80. The van der Waals surface area contributed by atoms with E-state index in [0.29, 0.717) is 45.2 Å². The molecule has 0 unspecified atom stereocenters. The maximum atomic E-state index is 11.7. The summed E-state index contributed by atoms with van der Waals surface area (Å²) in [7, 11) is 0. The number of nitrogens with one attached hydrogen (secondary N) is 2. The van der Waals surface area contributed by atoms with Crippen molar-refractivity contribution < 1.29 is 39.0 Å². The first-order chi connectivity index (χ1) is 15.9. The smallest absolute Gasteiger partial charge is 0.326 e. The molecular formula is C21H35N5O8. The number of rotatable bonds is 14. The summed E-state index contributed by atoms with van der Waals surface area (Å²) in [4.78, 5) is 66.8. The lowest BCUT2D eigenvalue weighted by atomic mass is 10.0. The van der Waals surface area contributed by atoms with E-state index in [1.165, 1.54) is 17.1 Å². The summed E-state index contributed by atoms with van der Waals surface area (Å²) in [6, 6.07) is -2.35. The molecule has 1 aliphatic rings. The highest BCUT2D eigenvalue weighted by Crippen LogP contribution is 2.08. The van der Waals surface area contributed by atoms with Gasteiger partial charge in [0.15, 0.2) is 0 Å². The topological polar surface area (TPSA) is 222 Å². The zero-order valence-corrected chi connectivity index (χ0v) is 19.5. The van der Waals surface area contributed by atoms with Gasteiger partial charge in [-0.3, -0.25) is 24.1 Å². The number of imide groups is 1. The quantitative estimate of drug-likeness (QED) is 0.138. The second-order valence-electron chi connectivity index (χ2n) is 7.98. The van der Waals surface area contributed by atoms with Gasteiger partial charge < -0.3 is 32.3 Å². The van der Waals surface area contributed by atoms with Gasteiger partial charge in [0.2, 0.25) is 5.91 Å². The van der Waals surface area contributed by atoms with Crippen molar-refractivity contribution >= 4 is 35.7 Å². The molecule has 0 aliphatic carbocycles. The number of primary amides is 1. The summed E-state index contributed by atoms with van der Waals surface area (Å²) in [6.45, 7) is 4.17. The predicted molar refractivity (Wildman–Crippen MR) is 121 cm³/mol. The molecule has 0 aromatic heterocycles. The number of hydrogen-bond acceptors (Lipinski definition) is 7. The standard InChI is InChI=1S/C15H22N2O5.C6H13N3O3/c1-10(2)14(15(21)22)16-11(18)6-4-3-5-9-17-12(19)7-8-13(17)20;7-4(5(10)11)2-1-3-9-6(8)12/h7-8,10,14H,3-6,9H2,1-2H3,(H,16,18)(H,21,22);4H,1-3,7H2,(H,10,11)(H3,8,9,12)/t14-;4-/m00/s1. The minimum absolute atomic E-state index is 0.179. The molecule has 8 N–H and O–H groups in total. The second-order valence-corrected chi connectivity index (χ2v) is 7.98. The highest BCUT2D eigenvalue weighted by Gasteiger charge is 2.24. The van der Waals surface area contributed by atoms with E-state index in [1.54, 1.807) is 13.8 Å². The van der Waals surface area contributed by atoms with Gasteiger partial charge in [-0.25, -0.2) is 9.59 Å². The first-order valence-electron chi connectivity index (χ1n) is 10.9. The molecule has 13 heteroatoms. The third-order valence-electron chi connectivity index (χ3n) is 4.74. The molecule has 192 valence electrons.